The second kappa shape index (κ2) is 4.09. The van der Waals surface area contributed by atoms with Crippen molar-refractivity contribution in [1.82, 2.24) is 9.78 Å². The Morgan fingerprint density at radius 1 is 1.64 bits per heavy atom. The average Bonchev–Trinajstić information content (AvgIpc) is 2.43. The Labute approximate surface area is 82.9 Å². The molecule has 1 N–H and O–H groups in total. The van der Waals surface area contributed by atoms with Crippen LogP contribution in [-0.4, -0.2) is 20.9 Å². The fourth-order valence-corrected chi connectivity index (χ4v) is 1.10. The summed E-state index contributed by atoms with van der Waals surface area (Å²) in [6, 6.07) is 1.89. The number of hydrogen-bond donors (Lipinski definition) is 1. The maximum absolute atomic E-state index is 10.3. The zero-order valence-electron chi connectivity index (χ0n) is 8.56. The molecule has 1 rings (SSSR count). The standard InChI is InChI=1S/C10H14N2O2/c1-7(2)9-6-8(12(3)11-9)4-5-10(13)14/h4-7H,1-3H3,(H,13,14)/b5-4+. The van der Waals surface area contributed by atoms with Crippen LogP contribution in [0.25, 0.3) is 6.08 Å². The zero-order valence-corrected chi connectivity index (χ0v) is 8.56. The molecule has 0 aliphatic rings. The van der Waals surface area contributed by atoms with Crippen molar-refractivity contribution in [3.8, 4) is 0 Å². The van der Waals surface area contributed by atoms with Gasteiger partial charge in [0.2, 0.25) is 0 Å². The molecule has 0 fully saturated rings. The van der Waals surface area contributed by atoms with Gasteiger partial charge in [-0.05, 0) is 18.1 Å². The number of rotatable bonds is 3. The average molecular weight is 194 g/mol. The maximum Gasteiger partial charge on any atom is 0.328 e. The molecular weight excluding hydrogens is 180 g/mol. The third-order valence-electron chi connectivity index (χ3n) is 1.92. The largest absolute Gasteiger partial charge is 0.478 e. The summed E-state index contributed by atoms with van der Waals surface area (Å²) in [4.78, 5) is 10.3. The van der Waals surface area contributed by atoms with Crippen molar-refractivity contribution in [1.29, 1.82) is 0 Å². The summed E-state index contributed by atoms with van der Waals surface area (Å²) in [6.07, 6.45) is 2.66. The first-order valence-corrected chi connectivity index (χ1v) is 4.45. The summed E-state index contributed by atoms with van der Waals surface area (Å²) in [6.45, 7) is 4.10. The van der Waals surface area contributed by atoms with E-state index in [1.54, 1.807) is 17.8 Å². The first kappa shape index (κ1) is 10.5. The van der Waals surface area contributed by atoms with Crippen LogP contribution in [-0.2, 0) is 11.8 Å². The molecular formula is C10H14N2O2. The van der Waals surface area contributed by atoms with Crippen LogP contribution in [0.4, 0.5) is 0 Å². The fraction of sp³-hybridized carbons (Fsp3) is 0.400. The van der Waals surface area contributed by atoms with Gasteiger partial charge in [-0.2, -0.15) is 5.10 Å². The molecule has 1 aromatic rings. The van der Waals surface area contributed by atoms with E-state index in [9.17, 15) is 4.79 Å². The third kappa shape index (κ3) is 2.45. The fourth-order valence-electron chi connectivity index (χ4n) is 1.10. The van der Waals surface area contributed by atoms with E-state index in [0.29, 0.717) is 5.92 Å². The van der Waals surface area contributed by atoms with Crippen molar-refractivity contribution < 1.29 is 9.90 Å². The van der Waals surface area contributed by atoms with Gasteiger partial charge in [0.25, 0.3) is 0 Å². The molecule has 0 aromatic carbocycles. The van der Waals surface area contributed by atoms with Gasteiger partial charge in [-0.1, -0.05) is 13.8 Å². The van der Waals surface area contributed by atoms with Gasteiger partial charge in [0.05, 0.1) is 11.4 Å². The Balaban J connectivity index is 2.93. The highest BCUT2D eigenvalue weighted by Gasteiger charge is 2.05. The van der Waals surface area contributed by atoms with E-state index in [4.69, 9.17) is 5.11 Å². The molecule has 0 radical (unpaired) electrons. The van der Waals surface area contributed by atoms with Gasteiger partial charge in [0, 0.05) is 13.1 Å². The summed E-state index contributed by atoms with van der Waals surface area (Å²) < 4.78 is 1.68. The zero-order chi connectivity index (χ0) is 10.7. The minimum atomic E-state index is -0.947. The Kier molecular flexibility index (Phi) is 3.06. The molecule has 0 aliphatic carbocycles. The van der Waals surface area contributed by atoms with Gasteiger partial charge in [0.15, 0.2) is 0 Å². The topological polar surface area (TPSA) is 55.1 Å². The molecule has 1 aromatic heterocycles. The number of aromatic nitrogens is 2. The monoisotopic (exact) mass is 194 g/mol. The van der Waals surface area contributed by atoms with Gasteiger partial charge < -0.3 is 5.11 Å². The van der Waals surface area contributed by atoms with E-state index in [-0.39, 0.29) is 0 Å². The lowest BCUT2D eigenvalue weighted by atomic mass is 10.1. The molecule has 1 heterocycles. The van der Waals surface area contributed by atoms with Crippen LogP contribution >= 0.6 is 0 Å². The van der Waals surface area contributed by atoms with Gasteiger partial charge in [-0.3, -0.25) is 4.68 Å². The highest BCUT2D eigenvalue weighted by molar-refractivity contribution is 5.84. The smallest absolute Gasteiger partial charge is 0.328 e. The van der Waals surface area contributed by atoms with E-state index in [2.05, 4.69) is 5.10 Å². The molecule has 0 saturated heterocycles. The van der Waals surface area contributed by atoms with Gasteiger partial charge in [-0.25, -0.2) is 4.79 Å². The second-order valence-corrected chi connectivity index (χ2v) is 3.44. The predicted molar refractivity (Wildman–Crippen MR) is 54.0 cm³/mol. The lowest BCUT2D eigenvalue weighted by molar-refractivity contribution is -0.131. The Bertz CT molecular complexity index is 364. The van der Waals surface area contributed by atoms with E-state index in [1.807, 2.05) is 19.9 Å². The number of carbonyl (C=O) groups is 1. The molecule has 0 aliphatic heterocycles. The SMILES string of the molecule is CC(C)c1cc(/C=C/C(=O)O)n(C)n1. The lowest BCUT2D eigenvalue weighted by Gasteiger charge is -1.95. The molecule has 0 spiro atoms. The van der Waals surface area contributed by atoms with Gasteiger partial charge >= 0.3 is 5.97 Å². The van der Waals surface area contributed by atoms with Crippen molar-refractivity contribution >= 4 is 12.0 Å². The number of carboxylic acid groups (broad SMARTS) is 1. The predicted octanol–water partition coefficient (Wildman–Crippen LogP) is 1.64. The molecule has 76 valence electrons. The number of carboxylic acids is 1. The minimum Gasteiger partial charge on any atom is -0.478 e. The molecule has 0 amide bonds. The third-order valence-corrected chi connectivity index (χ3v) is 1.92. The van der Waals surface area contributed by atoms with Crippen LogP contribution in [0.1, 0.15) is 31.2 Å². The van der Waals surface area contributed by atoms with Crippen LogP contribution < -0.4 is 0 Å². The number of aliphatic carboxylic acids is 1. The number of hydrogen-bond acceptors (Lipinski definition) is 2. The van der Waals surface area contributed by atoms with Gasteiger partial charge in [0.1, 0.15) is 0 Å². The highest BCUT2D eigenvalue weighted by atomic mass is 16.4. The number of nitrogens with zero attached hydrogens (tertiary/aromatic N) is 2. The van der Waals surface area contributed by atoms with Crippen LogP contribution in [0.3, 0.4) is 0 Å². The lowest BCUT2D eigenvalue weighted by Crippen LogP contribution is -1.95. The quantitative estimate of drug-likeness (QED) is 0.744. The van der Waals surface area contributed by atoms with Crippen molar-refractivity contribution in [2.24, 2.45) is 7.05 Å². The molecule has 14 heavy (non-hydrogen) atoms. The van der Waals surface area contributed by atoms with Crippen molar-refractivity contribution in [2.75, 3.05) is 0 Å². The normalized spacial score (nSPS) is 11.4. The summed E-state index contributed by atoms with van der Waals surface area (Å²) in [5, 5.41) is 12.7. The van der Waals surface area contributed by atoms with Crippen molar-refractivity contribution in [3.63, 3.8) is 0 Å². The second-order valence-electron chi connectivity index (χ2n) is 3.44. The van der Waals surface area contributed by atoms with E-state index >= 15 is 0 Å². The molecule has 0 atom stereocenters. The highest BCUT2D eigenvalue weighted by Crippen LogP contribution is 2.14. The summed E-state index contributed by atoms with van der Waals surface area (Å²) in [5.74, 6) is -0.592. The number of aryl methyl sites for hydroxylation is 1. The van der Waals surface area contributed by atoms with E-state index in [1.165, 1.54) is 0 Å². The van der Waals surface area contributed by atoms with Crippen molar-refractivity contribution in [3.05, 3.63) is 23.5 Å². The summed E-state index contributed by atoms with van der Waals surface area (Å²) >= 11 is 0. The first-order chi connectivity index (χ1) is 6.50. The molecule has 0 saturated carbocycles. The van der Waals surface area contributed by atoms with Crippen molar-refractivity contribution in [2.45, 2.75) is 19.8 Å². The molecule has 0 bridgehead atoms. The minimum absolute atomic E-state index is 0.355. The first-order valence-electron chi connectivity index (χ1n) is 4.45. The Morgan fingerprint density at radius 2 is 2.29 bits per heavy atom. The van der Waals surface area contributed by atoms with Crippen LogP contribution in [0.15, 0.2) is 12.1 Å². The Hall–Kier alpha value is -1.58. The van der Waals surface area contributed by atoms with E-state index in [0.717, 1.165) is 17.5 Å². The van der Waals surface area contributed by atoms with Crippen LogP contribution in [0.5, 0.6) is 0 Å². The van der Waals surface area contributed by atoms with Gasteiger partial charge in [-0.15, -0.1) is 0 Å². The molecule has 0 unspecified atom stereocenters. The molecule has 4 nitrogen and oxygen atoms in total. The van der Waals surface area contributed by atoms with Crippen LogP contribution in [0, 0.1) is 0 Å². The summed E-state index contributed by atoms with van der Waals surface area (Å²) in [7, 11) is 1.80. The Morgan fingerprint density at radius 3 is 2.71 bits per heavy atom. The summed E-state index contributed by atoms with van der Waals surface area (Å²) in [5.41, 5.74) is 1.77. The molecule has 4 heteroatoms. The van der Waals surface area contributed by atoms with E-state index < -0.39 is 5.97 Å². The van der Waals surface area contributed by atoms with Crippen LogP contribution in [0.2, 0.25) is 0 Å². The maximum atomic E-state index is 10.3.